The molecular formula is C14H20N2O3. The Morgan fingerprint density at radius 1 is 1.32 bits per heavy atom. The van der Waals surface area contributed by atoms with Crippen LogP contribution in [0.25, 0.3) is 0 Å². The zero-order chi connectivity index (χ0) is 13.5. The van der Waals surface area contributed by atoms with Crippen molar-refractivity contribution in [1.82, 2.24) is 10.2 Å². The average molecular weight is 264 g/mol. The molecule has 1 saturated heterocycles. The Balaban J connectivity index is 1.72. The van der Waals surface area contributed by atoms with Gasteiger partial charge in [0.1, 0.15) is 5.75 Å². The molecule has 19 heavy (non-hydrogen) atoms. The van der Waals surface area contributed by atoms with Crippen LogP contribution >= 0.6 is 0 Å². The van der Waals surface area contributed by atoms with Crippen LogP contribution in [-0.2, 0) is 16.1 Å². The van der Waals surface area contributed by atoms with Gasteiger partial charge in [0.25, 0.3) is 0 Å². The molecule has 0 spiro atoms. The van der Waals surface area contributed by atoms with Gasteiger partial charge in [-0.3, -0.25) is 9.69 Å². The summed E-state index contributed by atoms with van der Waals surface area (Å²) in [5.74, 6) is 0.876. The third kappa shape index (κ3) is 4.54. The summed E-state index contributed by atoms with van der Waals surface area (Å²) < 4.78 is 10.3. The van der Waals surface area contributed by atoms with Crippen LogP contribution in [0.2, 0.25) is 0 Å². The van der Waals surface area contributed by atoms with Gasteiger partial charge in [-0.15, -0.1) is 0 Å². The molecule has 1 heterocycles. The minimum absolute atomic E-state index is 0.0534. The maximum Gasteiger partial charge on any atom is 0.234 e. The molecule has 0 bridgehead atoms. The molecule has 0 aliphatic carbocycles. The minimum Gasteiger partial charge on any atom is -0.497 e. The van der Waals surface area contributed by atoms with Gasteiger partial charge in [-0.25, -0.2) is 0 Å². The number of ether oxygens (including phenoxy) is 2. The number of nitrogens with one attached hydrogen (secondary N) is 1. The summed E-state index contributed by atoms with van der Waals surface area (Å²) in [6.45, 7) is 4.08. The van der Waals surface area contributed by atoms with Crippen LogP contribution < -0.4 is 10.1 Å². The molecule has 1 aromatic carbocycles. The van der Waals surface area contributed by atoms with E-state index in [-0.39, 0.29) is 5.91 Å². The summed E-state index contributed by atoms with van der Waals surface area (Å²) in [7, 11) is 1.64. The third-order valence-corrected chi connectivity index (χ3v) is 3.12. The molecule has 0 radical (unpaired) electrons. The van der Waals surface area contributed by atoms with Crippen molar-refractivity contribution in [3.05, 3.63) is 29.8 Å². The highest BCUT2D eigenvalue weighted by Crippen LogP contribution is 2.10. The molecule has 0 saturated carbocycles. The molecule has 1 aliphatic rings. The standard InChI is InChI=1S/C14H20N2O3/c1-18-13-4-2-12(3-5-13)10-15-14(17)11-16-6-8-19-9-7-16/h2-5H,6-11H2,1H3,(H,15,17). The second kappa shape index (κ2) is 7.11. The number of nitrogens with zero attached hydrogens (tertiary/aromatic N) is 1. The van der Waals surface area contributed by atoms with Gasteiger partial charge in [-0.1, -0.05) is 12.1 Å². The monoisotopic (exact) mass is 264 g/mol. The molecule has 5 heteroatoms. The molecule has 2 rings (SSSR count). The second-order valence-electron chi connectivity index (χ2n) is 4.51. The Bertz CT molecular complexity index is 400. The summed E-state index contributed by atoms with van der Waals surface area (Å²) in [4.78, 5) is 13.9. The molecule has 0 aromatic heterocycles. The fourth-order valence-electron chi connectivity index (χ4n) is 1.96. The maximum atomic E-state index is 11.8. The number of methoxy groups -OCH3 is 1. The number of hydrogen-bond donors (Lipinski definition) is 1. The first-order valence-corrected chi connectivity index (χ1v) is 6.47. The first-order valence-electron chi connectivity index (χ1n) is 6.47. The highest BCUT2D eigenvalue weighted by Gasteiger charge is 2.13. The Labute approximate surface area is 113 Å². The summed E-state index contributed by atoms with van der Waals surface area (Å²) in [6, 6.07) is 7.69. The van der Waals surface area contributed by atoms with Crippen LogP contribution in [0.1, 0.15) is 5.56 Å². The number of rotatable bonds is 5. The molecule has 0 unspecified atom stereocenters. The van der Waals surface area contributed by atoms with Gasteiger partial charge in [0.05, 0.1) is 26.9 Å². The van der Waals surface area contributed by atoms with Crippen LogP contribution in [0.15, 0.2) is 24.3 Å². The number of morpholine rings is 1. The van der Waals surface area contributed by atoms with E-state index in [4.69, 9.17) is 9.47 Å². The number of carbonyl (C=O) groups is 1. The first kappa shape index (κ1) is 13.8. The molecular weight excluding hydrogens is 244 g/mol. The highest BCUT2D eigenvalue weighted by molar-refractivity contribution is 5.78. The van der Waals surface area contributed by atoms with Crippen molar-refractivity contribution in [3.63, 3.8) is 0 Å². The number of amides is 1. The van der Waals surface area contributed by atoms with Gasteiger partial charge in [-0.2, -0.15) is 0 Å². The lowest BCUT2D eigenvalue weighted by Crippen LogP contribution is -2.43. The van der Waals surface area contributed by atoms with Crippen molar-refractivity contribution in [2.45, 2.75) is 6.54 Å². The van der Waals surface area contributed by atoms with E-state index in [2.05, 4.69) is 10.2 Å². The lowest BCUT2D eigenvalue weighted by atomic mass is 10.2. The number of hydrogen-bond acceptors (Lipinski definition) is 4. The molecule has 1 aliphatic heterocycles. The molecule has 0 atom stereocenters. The van der Waals surface area contributed by atoms with Crippen LogP contribution in [0.5, 0.6) is 5.75 Å². The largest absolute Gasteiger partial charge is 0.497 e. The number of carbonyl (C=O) groups excluding carboxylic acids is 1. The first-order chi connectivity index (χ1) is 9.28. The van der Waals surface area contributed by atoms with Crippen molar-refractivity contribution in [3.8, 4) is 5.75 Å². The predicted octanol–water partition coefficient (Wildman–Crippen LogP) is 0.644. The SMILES string of the molecule is COc1ccc(CNC(=O)CN2CCOCC2)cc1. The maximum absolute atomic E-state index is 11.8. The van der Waals surface area contributed by atoms with E-state index < -0.39 is 0 Å². The fraction of sp³-hybridized carbons (Fsp3) is 0.500. The minimum atomic E-state index is 0.0534. The van der Waals surface area contributed by atoms with Crippen LogP contribution in [0.3, 0.4) is 0 Å². The van der Waals surface area contributed by atoms with Crippen LogP contribution in [0.4, 0.5) is 0 Å². The second-order valence-corrected chi connectivity index (χ2v) is 4.51. The van der Waals surface area contributed by atoms with E-state index in [1.54, 1.807) is 7.11 Å². The van der Waals surface area contributed by atoms with Crippen molar-refractivity contribution in [2.75, 3.05) is 40.0 Å². The smallest absolute Gasteiger partial charge is 0.234 e. The summed E-state index contributed by atoms with van der Waals surface area (Å²) in [6.07, 6.45) is 0. The normalized spacial score (nSPS) is 16.1. The van der Waals surface area contributed by atoms with Crippen molar-refractivity contribution in [2.24, 2.45) is 0 Å². The molecule has 1 amide bonds. The Morgan fingerprint density at radius 2 is 2.00 bits per heavy atom. The average Bonchev–Trinajstić information content (AvgIpc) is 2.47. The Kier molecular flexibility index (Phi) is 5.18. The molecule has 1 N–H and O–H groups in total. The van der Waals surface area contributed by atoms with E-state index in [9.17, 15) is 4.79 Å². The van der Waals surface area contributed by atoms with Crippen molar-refractivity contribution < 1.29 is 14.3 Å². The summed E-state index contributed by atoms with van der Waals surface area (Å²) in [5.41, 5.74) is 1.07. The summed E-state index contributed by atoms with van der Waals surface area (Å²) in [5, 5.41) is 2.92. The predicted molar refractivity (Wildman–Crippen MR) is 72.1 cm³/mol. The summed E-state index contributed by atoms with van der Waals surface area (Å²) >= 11 is 0. The van der Waals surface area contributed by atoms with Gasteiger partial charge in [0.15, 0.2) is 0 Å². The molecule has 1 aromatic rings. The van der Waals surface area contributed by atoms with Gasteiger partial charge in [0, 0.05) is 19.6 Å². The third-order valence-electron chi connectivity index (χ3n) is 3.12. The van der Waals surface area contributed by atoms with Crippen molar-refractivity contribution in [1.29, 1.82) is 0 Å². The van der Waals surface area contributed by atoms with Gasteiger partial charge < -0.3 is 14.8 Å². The quantitative estimate of drug-likeness (QED) is 0.848. The van der Waals surface area contributed by atoms with E-state index in [1.165, 1.54) is 0 Å². The lowest BCUT2D eigenvalue weighted by Gasteiger charge is -2.25. The van der Waals surface area contributed by atoms with E-state index in [0.29, 0.717) is 26.3 Å². The van der Waals surface area contributed by atoms with Gasteiger partial charge in [-0.05, 0) is 17.7 Å². The van der Waals surface area contributed by atoms with Crippen LogP contribution in [-0.4, -0.2) is 50.8 Å². The fourth-order valence-corrected chi connectivity index (χ4v) is 1.96. The number of benzene rings is 1. The Hall–Kier alpha value is -1.59. The molecule has 104 valence electrons. The molecule has 1 fully saturated rings. The topological polar surface area (TPSA) is 50.8 Å². The van der Waals surface area contributed by atoms with E-state index >= 15 is 0 Å². The van der Waals surface area contributed by atoms with Gasteiger partial charge in [0.2, 0.25) is 5.91 Å². The zero-order valence-electron chi connectivity index (χ0n) is 11.2. The van der Waals surface area contributed by atoms with E-state index in [1.807, 2.05) is 24.3 Å². The van der Waals surface area contributed by atoms with E-state index in [0.717, 1.165) is 24.4 Å². The van der Waals surface area contributed by atoms with Gasteiger partial charge >= 0.3 is 0 Å². The molecule has 5 nitrogen and oxygen atoms in total. The van der Waals surface area contributed by atoms with Crippen molar-refractivity contribution >= 4 is 5.91 Å². The zero-order valence-corrected chi connectivity index (χ0v) is 11.2. The Morgan fingerprint density at radius 3 is 2.63 bits per heavy atom. The lowest BCUT2D eigenvalue weighted by molar-refractivity contribution is -0.123. The highest BCUT2D eigenvalue weighted by atomic mass is 16.5. The van der Waals surface area contributed by atoms with Crippen LogP contribution in [0, 0.1) is 0 Å².